The van der Waals surface area contributed by atoms with Crippen LogP contribution < -0.4 is 10.6 Å². The van der Waals surface area contributed by atoms with Crippen LogP contribution in [0.25, 0.3) is 10.4 Å². The molecule has 0 spiro atoms. The van der Waals surface area contributed by atoms with E-state index in [0.717, 1.165) is 24.8 Å². The third kappa shape index (κ3) is 4.67. The molecule has 3 aliphatic rings. The van der Waals surface area contributed by atoms with Crippen molar-refractivity contribution in [1.29, 1.82) is 0 Å². The monoisotopic (exact) mass is 431 g/mol. The van der Waals surface area contributed by atoms with Gasteiger partial charge in [-0.2, -0.15) is 0 Å². The molecule has 2 N–H and O–H groups in total. The normalized spacial score (nSPS) is 20.6. The van der Waals surface area contributed by atoms with Crippen molar-refractivity contribution in [2.45, 2.75) is 58.3 Å². The first-order valence-electron chi connectivity index (χ1n) is 10.7. The van der Waals surface area contributed by atoms with Crippen LogP contribution in [0.15, 0.2) is 35.1 Å². The van der Waals surface area contributed by atoms with E-state index in [1.54, 1.807) is 18.2 Å². The topological polar surface area (TPSA) is 105 Å². The first-order valence-corrected chi connectivity index (χ1v) is 10.7. The van der Waals surface area contributed by atoms with Gasteiger partial charge in [-0.05, 0) is 42.4 Å². The number of rotatable bonds is 4. The summed E-state index contributed by atoms with van der Waals surface area (Å²) in [4.78, 5) is 48.6. The Hall–Kier alpha value is -3.60. The van der Waals surface area contributed by atoms with Crippen molar-refractivity contribution in [1.82, 2.24) is 10.3 Å². The molecule has 1 fully saturated rings. The minimum atomic E-state index is -0.361. The molecular weight excluding hydrogens is 406 g/mol. The lowest BCUT2D eigenvalue weighted by atomic mass is 9.77. The van der Waals surface area contributed by atoms with Gasteiger partial charge in [0.1, 0.15) is 0 Å². The molecule has 0 bridgehead atoms. The molecule has 0 atom stereocenters. The number of pyridine rings is 1. The van der Waals surface area contributed by atoms with Gasteiger partial charge >= 0.3 is 0 Å². The molecular formula is C24H25N5O3. The number of nitrogens with zero attached hydrogens (tertiary/aromatic N) is 3. The maximum absolute atomic E-state index is 12.8. The number of allylic oxidation sites excluding steroid dienone is 3. The summed E-state index contributed by atoms with van der Waals surface area (Å²) >= 11 is 0. The van der Waals surface area contributed by atoms with Crippen LogP contribution in [0, 0.1) is 12.0 Å². The predicted octanol–water partition coefficient (Wildman–Crippen LogP) is 3.74. The molecule has 4 rings (SSSR count). The maximum atomic E-state index is 12.8. The van der Waals surface area contributed by atoms with Crippen LogP contribution in [-0.2, 0) is 14.4 Å². The number of imide groups is 1. The first-order chi connectivity index (χ1) is 15.2. The predicted molar refractivity (Wildman–Crippen MR) is 120 cm³/mol. The van der Waals surface area contributed by atoms with Gasteiger partial charge < -0.3 is 10.2 Å². The van der Waals surface area contributed by atoms with E-state index in [1.165, 1.54) is 0 Å². The van der Waals surface area contributed by atoms with Crippen molar-refractivity contribution < 1.29 is 14.4 Å². The first kappa shape index (κ1) is 21.6. The molecule has 1 aliphatic carbocycles. The Balaban J connectivity index is 1.66. The van der Waals surface area contributed by atoms with E-state index >= 15 is 0 Å². The minimum absolute atomic E-state index is 0.206. The molecule has 8 heteroatoms. The number of carbonyl (C=O) groups excluding carboxylic acids is 3. The molecule has 8 nitrogen and oxygen atoms in total. The Morgan fingerprint density at radius 1 is 1.22 bits per heavy atom. The minimum Gasteiger partial charge on any atom is -0.361 e. The third-order valence-electron chi connectivity index (χ3n) is 6.11. The van der Waals surface area contributed by atoms with Gasteiger partial charge in [0.15, 0.2) is 5.71 Å². The Bertz CT molecular complexity index is 1120. The molecule has 3 amide bonds. The van der Waals surface area contributed by atoms with Crippen molar-refractivity contribution >= 4 is 34.7 Å². The highest BCUT2D eigenvalue weighted by atomic mass is 16.2. The number of piperidine rings is 1. The van der Waals surface area contributed by atoms with Crippen LogP contribution in [0.1, 0.15) is 69.7 Å². The lowest BCUT2D eigenvalue weighted by Crippen LogP contribution is -2.38. The van der Waals surface area contributed by atoms with E-state index < -0.39 is 0 Å². The van der Waals surface area contributed by atoms with Crippen molar-refractivity contribution in [2.75, 3.05) is 5.32 Å². The molecule has 2 aliphatic heterocycles. The number of anilines is 1. The number of hydrogen-bond donors (Lipinski definition) is 2. The Morgan fingerprint density at radius 2 is 1.97 bits per heavy atom. The second kappa shape index (κ2) is 8.50. The van der Waals surface area contributed by atoms with Crippen LogP contribution >= 0.6 is 0 Å². The standard InChI is InChI=1S/C24H25N5O3/c1-24(2)10-8-14(9-11-24)22-17(28-23(32)18-6-7-19(25-3)26-18)5-4-16(27-22)15-12-20(30)29-21(31)13-15/h4-5,7-8,15H,6,9-13H2,1-2H3,(H,28,32)(H,29,30,31). The Morgan fingerprint density at radius 3 is 2.59 bits per heavy atom. The summed E-state index contributed by atoms with van der Waals surface area (Å²) < 4.78 is 0. The number of amides is 3. The van der Waals surface area contributed by atoms with Crippen LogP contribution in [0.4, 0.5) is 5.69 Å². The van der Waals surface area contributed by atoms with Gasteiger partial charge in [-0.25, -0.2) is 0 Å². The number of aliphatic imine (C=N–C) groups is 1. The average molecular weight is 431 g/mol. The molecule has 1 aromatic rings. The number of hydrogen-bond acceptors (Lipinski definition) is 5. The second-order valence-electron chi connectivity index (χ2n) is 9.20. The van der Waals surface area contributed by atoms with Gasteiger partial charge in [-0.1, -0.05) is 32.6 Å². The van der Waals surface area contributed by atoms with Gasteiger partial charge in [-0.15, -0.1) is 4.99 Å². The van der Waals surface area contributed by atoms with Crippen LogP contribution in [0.3, 0.4) is 0 Å². The largest absolute Gasteiger partial charge is 0.361 e. The molecule has 0 radical (unpaired) electrons. The van der Waals surface area contributed by atoms with Gasteiger partial charge in [-0.3, -0.25) is 24.7 Å². The quantitative estimate of drug-likeness (QED) is 0.560. The van der Waals surface area contributed by atoms with E-state index in [2.05, 4.69) is 40.4 Å². The average Bonchev–Trinajstić information content (AvgIpc) is 3.23. The van der Waals surface area contributed by atoms with Gasteiger partial charge in [0.05, 0.1) is 11.4 Å². The summed E-state index contributed by atoms with van der Waals surface area (Å²) in [5.41, 5.74) is 3.44. The third-order valence-corrected chi connectivity index (χ3v) is 6.11. The van der Waals surface area contributed by atoms with Crippen molar-refractivity contribution in [3.05, 3.63) is 52.9 Å². The number of carbonyl (C=O) groups is 3. The van der Waals surface area contributed by atoms with Crippen LogP contribution in [0.5, 0.6) is 0 Å². The second-order valence-corrected chi connectivity index (χ2v) is 9.20. The summed E-state index contributed by atoms with van der Waals surface area (Å²) in [6, 6.07) is 3.55. The highest BCUT2D eigenvalue weighted by Crippen LogP contribution is 2.40. The summed E-state index contributed by atoms with van der Waals surface area (Å²) in [6.07, 6.45) is 7.23. The smallest absolute Gasteiger partial charge is 0.294 e. The fourth-order valence-corrected chi connectivity index (χ4v) is 4.15. The summed E-state index contributed by atoms with van der Waals surface area (Å²) in [6.45, 7) is 11.5. The molecule has 0 saturated carbocycles. The Kier molecular flexibility index (Phi) is 5.74. The molecule has 0 aromatic carbocycles. The zero-order valence-electron chi connectivity index (χ0n) is 18.2. The summed E-state index contributed by atoms with van der Waals surface area (Å²) in [7, 11) is 0. The maximum Gasteiger partial charge on any atom is 0.294 e. The van der Waals surface area contributed by atoms with E-state index in [-0.39, 0.29) is 47.7 Å². The van der Waals surface area contributed by atoms with Crippen LogP contribution in [-0.4, -0.2) is 28.4 Å². The molecule has 0 unspecified atom stereocenters. The fraction of sp³-hybridized carbons (Fsp3) is 0.417. The van der Waals surface area contributed by atoms with Crippen molar-refractivity contribution in [2.24, 2.45) is 10.4 Å². The molecule has 32 heavy (non-hydrogen) atoms. The lowest BCUT2D eigenvalue weighted by Gasteiger charge is -2.29. The van der Waals surface area contributed by atoms with Crippen LogP contribution in [0.2, 0.25) is 0 Å². The summed E-state index contributed by atoms with van der Waals surface area (Å²) in [5.74, 6) is -1.02. The highest BCUT2D eigenvalue weighted by molar-refractivity contribution is 6.44. The van der Waals surface area contributed by atoms with Crippen molar-refractivity contribution in [3.8, 4) is 0 Å². The van der Waals surface area contributed by atoms with Gasteiger partial charge in [0, 0.05) is 30.9 Å². The van der Waals surface area contributed by atoms with Crippen molar-refractivity contribution in [3.63, 3.8) is 0 Å². The van der Waals surface area contributed by atoms with E-state index in [0.29, 0.717) is 29.2 Å². The van der Waals surface area contributed by atoms with E-state index in [9.17, 15) is 14.4 Å². The number of aromatic nitrogens is 1. The Labute approximate surface area is 186 Å². The van der Waals surface area contributed by atoms with E-state index in [4.69, 9.17) is 11.6 Å². The molecule has 1 saturated heterocycles. The zero-order valence-corrected chi connectivity index (χ0v) is 18.2. The SMILES string of the molecule is [C-]#[N+]C1=CCC(C(=O)Nc2ccc(C3CC(=O)NC(=O)C3)nc2C2=CCC(C)(C)CC2)=N1. The van der Waals surface area contributed by atoms with Gasteiger partial charge in [0.25, 0.3) is 11.7 Å². The number of nitrogens with one attached hydrogen (secondary N) is 2. The fourth-order valence-electron chi connectivity index (χ4n) is 4.15. The molecule has 164 valence electrons. The zero-order chi connectivity index (χ0) is 22.9. The molecule has 3 heterocycles. The molecule has 1 aromatic heterocycles. The summed E-state index contributed by atoms with van der Waals surface area (Å²) in [5, 5.41) is 5.24. The van der Waals surface area contributed by atoms with E-state index in [1.807, 2.05) is 0 Å². The van der Waals surface area contributed by atoms with Gasteiger partial charge in [0.2, 0.25) is 11.8 Å². The lowest BCUT2D eigenvalue weighted by molar-refractivity contribution is -0.133. The highest BCUT2D eigenvalue weighted by Gasteiger charge is 2.30.